The predicted molar refractivity (Wildman–Crippen MR) is 158 cm³/mol. The molecule has 0 N–H and O–H groups in total. The van der Waals surface area contributed by atoms with Crippen LogP contribution in [0.5, 0.6) is 34.5 Å². The van der Waals surface area contributed by atoms with E-state index in [1.807, 2.05) is 12.1 Å². The van der Waals surface area contributed by atoms with Crippen molar-refractivity contribution in [3.8, 4) is 34.5 Å². The third-order valence-electron chi connectivity index (χ3n) is 6.03. The number of hydrogen-bond acceptors (Lipinski definition) is 7. The van der Waals surface area contributed by atoms with Gasteiger partial charge in [0.25, 0.3) is 0 Å². The fraction of sp³-hybridized carbons (Fsp3) is 0.581. The van der Waals surface area contributed by atoms with E-state index >= 15 is 0 Å². The van der Waals surface area contributed by atoms with Crippen LogP contribution in [0.25, 0.3) is 0 Å². The van der Waals surface area contributed by atoms with Crippen molar-refractivity contribution in [2.45, 2.75) is 60.8 Å². The largest absolute Gasteiger partial charge is 1.00 e. The summed E-state index contributed by atoms with van der Waals surface area (Å²) in [5.41, 5.74) is 0.128. The van der Waals surface area contributed by atoms with E-state index in [0.717, 1.165) is 19.3 Å². The summed E-state index contributed by atoms with van der Waals surface area (Å²) in [6.07, 6.45) is 2.70. The van der Waals surface area contributed by atoms with E-state index in [4.69, 9.17) is 28.4 Å². The first kappa shape index (κ1) is 36.0. The zero-order chi connectivity index (χ0) is 28.9. The van der Waals surface area contributed by atoms with Gasteiger partial charge in [-0.15, -0.1) is 5.30 Å². The summed E-state index contributed by atoms with van der Waals surface area (Å²) in [7, 11) is 4.97. The Bertz CT molecular complexity index is 996. The van der Waals surface area contributed by atoms with E-state index in [9.17, 15) is 4.79 Å². The van der Waals surface area contributed by atoms with E-state index in [0.29, 0.717) is 91.5 Å². The Kier molecular flexibility index (Phi) is 16.5. The molecule has 0 aliphatic rings. The van der Waals surface area contributed by atoms with Gasteiger partial charge in [0.1, 0.15) is 23.0 Å². The molecule has 0 saturated heterocycles. The molecule has 0 radical (unpaired) electrons. The van der Waals surface area contributed by atoms with Crippen LogP contribution in [0.15, 0.2) is 24.3 Å². The molecule has 0 heterocycles. The first-order valence-corrected chi connectivity index (χ1v) is 14.6. The average Bonchev–Trinajstić information content (AvgIpc) is 2.88. The molecular weight excluding hydrogens is 522 g/mol. The minimum absolute atomic E-state index is 0. The molecule has 218 valence electrons. The first-order valence-electron chi connectivity index (χ1n) is 13.7. The van der Waals surface area contributed by atoms with Gasteiger partial charge in [-0.2, -0.15) is 0 Å². The second-order valence-electron chi connectivity index (χ2n) is 10.7. The van der Waals surface area contributed by atoms with Crippen LogP contribution in [0.1, 0.15) is 71.2 Å². The smallest absolute Gasteiger partial charge is 0.496 e. The minimum atomic E-state index is -0.206. The summed E-state index contributed by atoms with van der Waals surface area (Å²) < 4.78 is 35.1. The molecule has 9 heteroatoms. The number of carbonyl (C=O) groups is 1. The molecule has 0 aromatic heterocycles. The summed E-state index contributed by atoms with van der Waals surface area (Å²) in [5, 5.41) is 0.656. The van der Waals surface area contributed by atoms with E-state index in [1.54, 1.807) is 19.2 Å². The van der Waals surface area contributed by atoms with Gasteiger partial charge in [-0.25, -0.2) is 0 Å². The number of rotatable bonds is 18. The Balaban J connectivity index is 0.00000800. The molecule has 2 rings (SSSR count). The zero-order valence-electron chi connectivity index (χ0n) is 26.1. The third-order valence-corrected chi connectivity index (χ3v) is 7.12. The van der Waals surface area contributed by atoms with Crippen LogP contribution in [0, 0.1) is 17.8 Å². The maximum Gasteiger partial charge on any atom is 1.00 e. The Hall–Kier alpha value is -2.06. The van der Waals surface area contributed by atoms with Gasteiger partial charge in [-0.1, -0.05) is 41.5 Å². The van der Waals surface area contributed by atoms with Crippen LogP contribution in [0.3, 0.4) is 0 Å². The molecule has 2 aromatic rings. The Morgan fingerprint density at radius 1 is 0.625 bits per heavy atom. The van der Waals surface area contributed by atoms with Crippen molar-refractivity contribution in [3.05, 3.63) is 29.8 Å². The van der Waals surface area contributed by atoms with E-state index in [1.165, 1.54) is 14.2 Å². The Morgan fingerprint density at radius 2 is 1.02 bits per heavy atom. The molecule has 0 amide bonds. The monoisotopic (exact) mass is 568 g/mol. The van der Waals surface area contributed by atoms with E-state index < -0.39 is 0 Å². The van der Waals surface area contributed by atoms with Gasteiger partial charge < -0.3 is 41.8 Å². The van der Waals surface area contributed by atoms with E-state index in [2.05, 4.69) is 41.5 Å². The molecule has 0 aliphatic heterocycles. The quantitative estimate of drug-likeness (QED) is 0.195. The molecular formula is C31H46LiO7P. The topological polar surface area (TPSA) is 72.5 Å². The van der Waals surface area contributed by atoms with Crippen molar-refractivity contribution in [1.82, 2.24) is 0 Å². The number of benzene rings is 2. The minimum Gasteiger partial charge on any atom is -0.496 e. The van der Waals surface area contributed by atoms with Crippen molar-refractivity contribution >= 4 is 19.4 Å². The van der Waals surface area contributed by atoms with Crippen LogP contribution in [0.2, 0.25) is 0 Å². The summed E-state index contributed by atoms with van der Waals surface area (Å²) in [6, 6.07) is 7.09. The fourth-order valence-corrected chi connectivity index (χ4v) is 4.58. The van der Waals surface area contributed by atoms with Gasteiger partial charge in [0, 0.05) is 29.8 Å². The molecule has 0 aliphatic carbocycles. The van der Waals surface area contributed by atoms with Crippen molar-refractivity contribution < 1.29 is 52.1 Å². The summed E-state index contributed by atoms with van der Waals surface area (Å²) in [4.78, 5) is 13.8. The summed E-state index contributed by atoms with van der Waals surface area (Å²) >= 11 is 0. The van der Waals surface area contributed by atoms with Gasteiger partial charge in [0.15, 0.2) is 0 Å². The SMILES string of the molecule is COc1cc(OC)c(C(=O)[P-]c2c(OCCC(C)C)cc(OCCC(C)C)cc2OCCC(C)C)c(OC)c1.[Li+]. The molecule has 40 heavy (non-hydrogen) atoms. The normalized spacial score (nSPS) is 11.2. The number of carbonyl (C=O) groups excluding carboxylic acids is 1. The summed E-state index contributed by atoms with van der Waals surface area (Å²) in [6.45, 7) is 14.6. The molecule has 7 nitrogen and oxygen atoms in total. The van der Waals surface area contributed by atoms with Crippen LogP contribution >= 0.6 is 8.58 Å². The zero-order valence-corrected chi connectivity index (χ0v) is 27.0. The van der Waals surface area contributed by atoms with Crippen molar-refractivity contribution in [2.75, 3.05) is 41.2 Å². The Morgan fingerprint density at radius 3 is 1.40 bits per heavy atom. The fourth-order valence-electron chi connectivity index (χ4n) is 3.57. The molecule has 0 fully saturated rings. The predicted octanol–water partition coefficient (Wildman–Crippen LogP) is 4.40. The van der Waals surface area contributed by atoms with Crippen LogP contribution < -0.4 is 52.6 Å². The Labute approximate surface area is 254 Å². The standard InChI is InChI=1S/C31H46O7P.Li/c1-20(2)10-13-36-24-18-27(37-14-11-21(3)4)30(28(19-24)38-15-12-22(5)6)39-31(32)29-25(34-8)16-23(33-7)17-26(29)35-9;/h16-22H,10-15H2,1-9H3;/q-1;+1. The average molecular weight is 569 g/mol. The number of methoxy groups -OCH3 is 3. The second kappa shape index (κ2) is 18.4. The van der Waals surface area contributed by atoms with Crippen LogP contribution in [-0.2, 0) is 0 Å². The van der Waals surface area contributed by atoms with Crippen LogP contribution in [0.4, 0.5) is 0 Å². The van der Waals surface area contributed by atoms with Crippen molar-refractivity contribution in [2.24, 2.45) is 17.8 Å². The van der Waals surface area contributed by atoms with E-state index in [-0.39, 0.29) is 24.4 Å². The second-order valence-corrected chi connectivity index (χ2v) is 11.8. The van der Waals surface area contributed by atoms with Gasteiger partial charge >= 0.3 is 18.9 Å². The molecule has 0 saturated carbocycles. The van der Waals surface area contributed by atoms with Gasteiger partial charge in [0.2, 0.25) is 0 Å². The molecule has 0 unspecified atom stereocenters. The first-order chi connectivity index (χ1) is 18.6. The van der Waals surface area contributed by atoms with Gasteiger partial charge in [0.05, 0.1) is 58.2 Å². The molecule has 0 spiro atoms. The number of ether oxygens (including phenoxy) is 6. The molecule has 0 atom stereocenters. The summed E-state index contributed by atoms with van der Waals surface area (Å²) in [5.74, 6) is 4.61. The molecule has 2 aromatic carbocycles. The van der Waals surface area contributed by atoms with Crippen molar-refractivity contribution in [1.29, 1.82) is 0 Å². The van der Waals surface area contributed by atoms with Gasteiger partial charge in [-0.3, -0.25) is 0 Å². The van der Waals surface area contributed by atoms with Crippen LogP contribution in [-0.4, -0.2) is 46.7 Å². The molecule has 0 bridgehead atoms. The maximum atomic E-state index is 13.8. The number of hydrogen-bond donors (Lipinski definition) is 0. The third kappa shape index (κ3) is 11.4. The van der Waals surface area contributed by atoms with Gasteiger partial charge in [-0.05, 0) is 37.0 Å². The maximum absolute atomic E-state index is 13.8. The van der Waals surface area contributed by atoms with Crippen molar-refractivity contribution in [3.63, 3.8) is 0 Å².